The molecule has 202 valence electrons. The molecule has 0 amide bonds. The standard InChI is InChI=1S/C22H24Cl2FN2O9P/c1-22(25)19(35-18(29)5-8-23)16(34-20(22)27-9-6-17(28)26-21(27)30)12-33-37(31)32-10-7-15(36-37)13-3-2-4-14(24)11-13/h2-4,6,9,11,15-16,19-20H,5,7-8,10,12H2,1H3,(H,26,28,30)/t15-,16+,19+,20+,22+,37?/m0/s1. The van der Waals surface area contributed by atoms with E-state index in [4.69, 9.17) is 46.2 Å². The van der Waals surface area contributed by atoms with Crippen LogP contribution in [-0.2, 0) is 32.4 Å². The number of halogens is 3. The molecule has 6 atom stereocenters. The fraction of sp³-hybridized carbons (Fsp3) is 0.500. The molecule has 0 radical (unpaired) electrons. The summed E-state index contributed by atoms with van der Waals surface area (Å²) in [6.07, 6.45) is -3.96. The maximum absolute atomic E-state index is 16.1. The molecule has 15 heteroatoms. The number of phosphoric ester groups is 1. The average Bonchev–Trinajstić information content (AvgIpc) is 3.07. The summed E-state index contributed by atoms with van der Waals surface area (Å²) in [6.45, 7) is 0.537. The maximum atomic E-state index is 16.1. The molecule has 2 saturated heterocycles. The first kappa shape index (κ1) is 28.0. The molecule has 0 spiro atoms. The van der Waals surface area contributed by atoms with Crippen LogP contribution in [0.5, 0.6) is 0 Å². The number of benzene rings is 1. The van der Waals surface area contributed by atoms with Gasteiger partial charge in [0.05, 0.1) is 25.7 Å². The number of hydrogen-bond donors (Lipinski definition) is 1. The van der Waals surface area contributed by atoms with Gasteiger partial charge in [0.1, 0.15) is 6.10 Å². The molecule has 1 N–H and O–H groups in total. The lowest BCUT2D eigenvalue weighted by atomic mass is 9.98. The number of H-pyrrole nitrogens is 1. The molecular formula is C22H24Cl2FN2O9P. The average molecular weight is 581 g/mol. The van der Waals surface area contributed by atoms with Crippen molar-refractivity contribution in [2.45, 2.75) is 50.0 Å². The molecule has 0 aliphatic carbocycles. The zero-order valence-corrected chi connectivity index (χ0v) is 21.9. The Morgan fingerprint density at radius 3 is 2.84 bits per heavy atom. The van der Waals surface area contributed by atoms with Crippen LogP contribution >= 0.6 is 31.0 Å². The van der Waals surface area contributed by atoms with E-state index in [-0.39, 0.29) is 18.9 Å². The minimum atomic E-state index is -4.15. The van der Waals surface area contributed by atoms with Crippen molar-refractivity contribution < 1.29 is 36.8 Å². The van der Waals surface area contributed by atoms with E-state index in [2.05, 4.69) is 0 Å². The predicted molar refractivity (Wildman–Crippen MR) is 129 cm³/mol. The van der Waals surface area contributed by atoms with Gasteiger partial charge in [-0.05, 0) is 24.6 Å². The highest BCUT2D eigenvalue weighted by Crippen LogP contribution is 2.57. The highest BCUT2D eigenvalue weighted by molar-refractivity contribution is 7.48. The van der Waals surface area contributed by atoms with Crippen LogP contribution in [0.1, 0.15) is 37.7 Å². The quantitative estimate of drug-likeness (QED) is 0.282. The van der Waals surface area contributed by atoms with E-state index in [0.717, 1.165) is 23.8 Å². The number of carbonyl (C=O) groups is 1. The highest BCUT2D eigenvalue weighted by atomic mass is 35.5. The van der Waals surface area contributed by atoms with Crippen molar-refractivity contribution >= 4 is 37.0 Å². The normalized spacial score (nSPS) is 31.8. The van der Waals surface area contributed by atoms with Crippen LogP contribution in [0, 0.1) is 0 Å². The molecular weight excluding hydrogens is 557 g/mol. The smallest absolute Gasteiger partial charge is 0.456 e. The Morgan fingerprint density at radius 1 is 1.35 bits per heavy atom. The SMILES string of the molecule is C[C@@]1(F)[C@H](OC(=O)CCCl)[C@@H](COP2(=O)OCC[C@@H](c3cccc(Cl)c3)O2)O[C@H]1n1ccc(=O)[nH]c1=O. The van der Waals surface area contributed by atoms with E-state index < -0.39 is 61.9 Å². The lowest BCUT2D eigenvalue weighted by Crippen LogP contribution is -2.46. The van der Waals surface area contributed by atoms with Crippen LogP contribution in [0.25, 0.3) is 0 Å². The van der Waals surface area contributed by atoms with E-state index >= 15 is 4.39 Å². The number of rotatable bonds is 8. The third kappa shape index (κ3) is 6.34. The fourth-order valence-corrected chi connectivity index (χ4v) is 5.84. The van der Waals surface area contributed by atoms with Gasteiger partial charge in [-0.1, -0.05) is 23.7 Å². The Morgan fingerprint density at radius 2 is 2.14 bits per heavy atom. The Hall–Kier alpha value is -2.05. The third-order valence-corrected chi connectivity index (χ3v) is 7.75. The van der Waals surface area contributed by atoms with Crippen LogP contribution in [0.3, 0.4) is 0 Å². The monoisotopic (exact) mass is 580 g/mol. The Kier molecular flexibility index (Phi) is 8.59. The van der Waals surface area contributed by atoms with E-state index in [0.29, 0.717) is 17.0 Å². The van der Waals surface area contributed by atoms with E-state index in [9.17, 15) is 18.9 Å². The lowest BCUT2D eigenvalue weighted by Gasteiger charge is -2.30. The van der Waals surface area contributed by atoms with Crippen molar-refractivity contribution in [2.24, 2.45) is 0 Å². The molecule has 11 nitrogen and oxygen atoms in total. The van der Waals surface area contributed by atoms with Crippen LogP contribution in [0.15, 0.2) is 46.1 Å². The number of nitrogens with zero attached hydrogens (tertiary/aromatic N) is 1. The van der Waals surface area contributed by atoms with E-state index in [1.165, 1.54) is 0 Å². The van der Waals surface area contributed by atoms with Crippen molar-refractivity contribution in [1.29, 1.82) is 0 Å². The van der Waals surface area contributed by atoms with Crippen LogP contribution in [0.4, 0.5) is 4.39 Å². The largest absolute Gasteiger partial charge is 0.475 e. The minimum absolute atomic E-state index is 0.0460. The Balaban J connectivity index is 1.55. The van der Waals surface area contributed by atoms with Gasteiger partial charge in [0, 0.05) is 29.6 Å². The number of aromatic nitrogens is 2. The van der Waals surface area contributed by atoms with E-state index in [1.54, 1.807) is 24.3 Å². The molecule has 2 fully saturated rings. The first-order chi connectivity index (χ1) is 17.5. The molecule has 4 rings (SSSR count). The molecule has 37 heavy (non-hydrogen) atoms. The third-order valence-electron chi connectivity index (χ3n) is 5.84. The van der Waals surface area contributed by atoms with Crippen molar-refractivity contribution in [3.8, 4) is 0 Å². The van der Waals surface area contributed by atoms with Gasteiger partial charge >= 0.3 is 19.5 Å². The topological polar surface area (TPSA) is 135 Å². The Bertz CT molecular complexity index is 1300. The molecule has 1 unspecified atom stereocenters. The fourth-order valence-electron chi connectivity index (χ4n) is 4.10. The number of ether oxygens (including phenoxy) is 2. The van der Waals surface area contributed by atoms with Gasteiger partial charge in [-0.2, -0.15) is 0 Å². The number of aromatic amines is 1. The first-order valence-corrected chi connectivity index (χ1v) is 13.6. The minimum Gasteiger partial charge on any atom is -0.456 e. The molecule has 2 aliphatic rings. The first-order valence-electron chi connectivity index (χ1n) is 11.3. The highest BCUT2D eigenvalue weighted by Gasteiger charge is 2.58. The predicted octanol–water partition coefficient (Wildman–Crippen LogP) is 3.66. The summed E-state index contributed by atoms with van der Waals surface area (Å²) in [4.78, 5) is 38.0. The summed E-state index contributed by atoms with van der Waals surface area (Å²) in [5.41, 5.74) is -3.43. The number of esters is 1. The second-order valence-electron chi connectivity index (χ2n) is 8.56. The molecule has 2 aliphatic heterocycles. The number of carbonyl (C=O) groups excluding carboxylic acids is 1. The molecule has 2 aromatic rings. The molecule has 3 heterocycles. The van der Waals surface area contributed by atoms with Crippen LogP contribution < -0.4 is 11.2 Å². The van der Waals surface area contributed by atoms with Crippen molar-refractivity contribution in [3.63, 3.8) is 0 Å². The lowest BCUT2D eigenvalue weighted by molar-refractivity contribution is -0.157. The van der Waals surface area contributed by atoms with Crippen LogP contribution in [-0.4, -0.2) is 52.5 Å². The van der Waals surface area contributed by atoms with Crippen molar-refractivity contribution in [3.05, 3.63) is 68.0 Å². The Labute approximate surface area is 220 Å². The van der Waals surface area contributed by atoms with Gasteiger partial charge in [-0.15, -0.1) is 11.6 Å². The van der Waals surface area contributed by atoms with Crippen molar-refractivity contribution in [1.82, 2.24) is 9.55 Å². The maximum Gasteiger partial charge on any atom is 0.475 e. The summed E-state index contributed by atoms with van der Waals surface area (Å²) in [6, 6.07) is 7.82. The van der Waals surface area contributed by atoms with Gasteiger partial charge < -0.3 is 9.47 Å². The van der Waals surface area contributed by atoms with Gasteiger partial charge in [0.2, 0.25) is 0 Å². The van der Waals surface area contributed by atoms with Crippen LogP contribution in [0.2, 0.25) is 5.02 Å². The van der Waals surface area contributed by atoms with Gasteiger partial charge in [-0.3, -0.25) is 32.7 Å². The summed E-state index contributed by atoms with van der Waals surface area (Å²) in [5, 5.41) is 0.468. The molecule has 0 saturated carbocycles. The second-order valence-corrected chi connectivity index (χ2v) is 11.0. The second kappa shape index (κ2) is 11.4. The summed E-state index contributed by atoms with van der Waals surface area (Å²) < 4.78 is 57.4. The number of alkyl halides is 2. The molecule has 1 aromatic carbocycles. The number of phosphoric acid groups is 1. The number of nitrogens with one attached hydrogen (secondary N) is 1. The van der Waals surface area contributed by atoms with E-state index in [1.807, 2.05) is 4.98 Å². The summed E-state index contributed by atoms with van der Waals surface area (Å²) in [5.74, 6) is -0.883. The number of hydrogen-bond acceptors (Lipinski definition) is 9. The zero-order valence-electron chi connectivity index (χ0n) is 19.5. The molecule has 1 aromatic heterocycles. The summed E-state index contributed by atoms with van der Waals surface area (Å²) >= 11 is 11.6. The van der Waals surface area contributed by atoms with Crippen molar-refractivity contribution in [2.75, 3.05) is 19.1 Å². The zero-order chi connectivity index (χ0) is 26.8. The molecule has 0 bridgehead atoms. The van der Waals surface area contributed by atoms with Gasteiger partial charge in [0.25, 0.3) is 5.56 Å². The van der Waals surface area contributed by atoms with Gasteiger partial charge in [-0.25, -0.2) is 13.8 Å². The van der Waals surface area contributed by atoms with Gasteiger partial charge in [0.15, 0.2) is 18.0 Å². The summed E-state index contributed by atoms with van der Waals surface area (Å²) in [7, 11) is -4.15.